The van der Waals surface area contributed by atoms with E-state index in [1.54, 1.807) is 11.3 Å². The highest BCUT2D eigenvalue weighted by Gasteiger charge is 2.26. The Balaban J connectivity index is 1.81. The van der Waals surface area contributed by atoms with Gasteiger partial charge in [-0.25, -0.2) is 4.98 Å². The Morgan fingerprint density at radius 2 is 1.70 bits per heavy atom. The van der Waals surface area contributed by atoms with E-state index in [4.69, 9.17) is 9.97 Å². The molecule has 3 heterocycles. The first-order valence-corrected chi connectivity index (χ1v) is 10.8. The maximum Gasteiger partial charge on any atom is 0.228 e. The molecule has 1 fully saturated rings. The predicted octanol–water partition coefficient (Wildman–Crippen LogP) is 1.11. The number of nitrogens with zero attached hydrogens (tertiary/aromatic N) is 5. The second kappa shape index (κ2) is 8.26. The molecule has 1 aliphatic heterocycles. The average molecular weight is 392 g/mol. The molecular formula is C19H29N5O2S. The van der Waals surface area contributed by atoms with E-state index in [2.05, 4.69) is 16.8 Å². The number of anilines is 2. The molecule has 27 heavy (non-hydrogen) atoms. The molecule has 2 aromatic heterocycles. The lowest BCUT2D eigenvalue weighted by molar-refractivity contribution is 0.281. The summed E-state index contributed by atoms with van der Waals surface area (Å²) < 4.78 is 0. The molecule has 2 aliphatic rings. The van der Waals surface area contributed by atoms with Gasteiger partial charge in [-0.2, -0.15) is 4.98 Å². The van der Waals surface area contributed by atoms with E-state index in [-0.39, 0.29) is 13.2 Å². The number of aliphatic hydroxyl groups is 2. The van der Waals surface area contributed by atoms with Crippen molar-refractivity contribution < 1.29 is 10.2 Å². The molecule has 8 heteroatoms. The topological polar surface area (TPSA) is 76.0 Å². The number of hydrogen-bond donors (Lipinski definition) is 2. The van der Waals surface area contributed by atoms with Crippen molar-refractivity contribution in [2.24, 2.45) is 0 Å². The van der Waals surface area contributed by atoms with Gasteiger partial charge >= 0.3 is 0 Å². The third-order valence-electron chi connectivity index (χ3n) is 5.61. The second-order valence-electron chi connectivity index (χ2n) is 7.46. The Morgan fingerprint density at radius 3 is 2.41 bits per heavy atom. The number of hydrogen-bond acceptors (Lipinski definition) is 8. The summed E-state index contributed by atoms with van der Waals surface area (Å²) in [5.41, 5.74) is 1.39. The van der Waals surface area contributed by atoms with Crippen LogP contribution in [0.5, 0.6) is 0 Å². The molecule has 7 nitrogen and oxygen atoms in total. The largest absolute Gasteiger partial charge is 0.395 e. The molecule has 0 saturated carbocycles. The minimum atomic E-state index is 0.0433. The number of fused-ring (bicyclic) bond motifs is 3. The Bertz CT molecular complexity index is 782. The summed E-state index contributed by atoms with van der Waals surface area (Å²) in [6, 6.07) is 0. The Morgan fingerprint density at radius 1 is 1.00 bits per heavy atom. The van der Waals surface area contributed by atoms with Gasteiger partial charge in [0.1, 0.15) is 10.6 Å². The lowest BCUT2D eigenvalue weighted by Crippen LogP contribution is -2.45. The Kier molecular flexibility index (Phi) is 5.77. The molecule has 0 unspecified atom stereocenters. The van der Waals surface area contributed by atoms with Crippen molar-refractivity contribution in [2.75, 3.05) is 69.3 Å². The molecule has 148 valence electrons. The Labute approximate surface area is 164 Å². The van der Waals surface area contributed by atoms with Gasteiger partial charge in [-0.15, -0.1) is 11.3 Å². The van der Waals surface area contributed by atoms with Crippen LogP contribution in [-0.4, -0.2) is 84.6 Å². The summed E-state index contributed by atoms with van der Waals surface area (Å²) in [4.78, 5) is 19.0. The van der Waals surface area contributed by atoms with Crippen molar-refractivity contribution in [3.63, 3.8) is 0 Å². The van der Waals surface area contributed by atoms with Crippen molar-refractivity contribution in [1.82, 2.24) is 14.9 Å². The quantitative estimate of drug-likeness (QED) is 0.764. The van der Waals surface area contributed by atoms with Crippen LogP contribution in [0.15, 0.2) is 0 Å². The Hall–Kier alpha value is -1.48. The number of thiophene rings is 1. The van der Waals surface area contributed by atoms with E-state index in [1.165, 1.54) is 23.3 Å². The number of aliphatic hydroxyl groups excluding tert-OH is 2. The number of aryl methyl sites for hydroxylation is 2. The van der Waals surface area contributed by atoms with Gasteiger partial charge in [-0.1, -0.05) is 0 Å². The number of piperazine rings is 1. The van der Waals surface area contributed by atoms with Crippen molar-refractivity contribution in [3.8, 4) is 0 Å². The number of likely N-dealkylation sites (N-methyl/N-ethyl adjacent to an activating group) is 1. The van der Waals surface area contributed by atoms with Crippen LogP contribution in [0.2, 0.25) is 0 Å². The maximum absolute atomic E-state index is 9.55. The van der Waals surface area contributed by atoms with Gasteiger partial charge < -0.3 is 24.9 Å². The average Bonchev–Trinajstić information content (AvgIpc) is 3.06. The van der Waals surface area contributed by atoms with Gasteiger partial charge in [0.15, 0.2) is 0 Å². The summed E-state index contributed by atoms with van der Waals surface area (Å²) in [6.45, 7) is 4.89. The predicted molar refractivity (Wildman–Crippen MR) is 110 cm³/mol. The lowest BCUT2D eigenvalue weighted by Gasteiger charge is -2.33. The lowest BCUT2D eigenvalue weighted by atomic mass is 9.97. The van der Waals surface area contributed by atoms with Crippen LogP contribution in [0.3, 0.4) is 0 Å². The number of rotatable bonds is 6. The first kappa shape index (κ1) is 18.9. The first-order valence-electron chi connectivity index (χ1n) is 9.93. The van der Waals surface area contributed by atoms with Crippen LogP contribution >= 0.6 is 11.3 Å². The highest BCUT2D eigenvalue weighted by Crippen LogP contribution is 2.40. The van der Waals surface area contributed by atoms with Crippen LogP contribution in [0.1, 0.15) is 23.3 Å². The maximum atomic E-state index is 9.55. The first-order chi connectivity index (χ1) is 13.2. The van der Waals surface area contributed by atoms with E-state index in [1.807, 2.05) is 4.90 Å². The van der Waals surface area contributed by atoms with Gasteiger partial charge in [0.25, 0.3) is 0 Å². The van der Waals surface area contributed by atoms with Crippen molar-refractivity contribution in [1.29, 1.82) is 0 Å². The fourth-order valence-electron chi connectivity index (χ4n) is 4.07. The van der Waals surface area contributed by atoms with Gasteiger partial charge in [0.2, 0.25) is 5.95 Å². The van der Waals surface area contributed by atoms with Crippen molar-refractivity contribution >= 4 is 33.3 Å². The van der Waals surface area contributed by atoms with Gasteiger partial charge in [-0.3, -0.25) is 0 Å². The molecule has 2 N–H and O–H groups in total. The minimum absolute atomic E-state index is 0.0433. The zero-order valence-corrected chi connectivity index (χ0v) is 16.8. The summed E-state index contributed by atoms with van der Waals surface area (Å²) in [5.74, 6) is 1.67. The second-order valence-corrected chi connectivity index (χ2v) is 8.55. The molecule has 1 aliphatic carbocycles. The van der Waals surface area contributed by atoms with E-state index in [0.29, 0.717) is 13.1 Å². The molecule has 0 spiro atoms. The van der Waals surface area contributed by atoms with Crippen LogP contribution in [-0.2, 0) is 12.8 Å². The van der Waals surface area contributed by atoms with E-state index in [0.717, 1.165) is 61.0 Å². The van der Waals surface area contributed by atoms with Crippen LogP contribution in [0, 0.1) is 0 Å². The fourth-order valence-corrected chi connectivity index (χ4v) is 5.32. The molecular weight excluding hydrogens is 362 g/mol. The fraction of sp³-hybridized carbons (Fsp3) is 0.684. The van der Waals surface area contributed by atoms with Crippen LogP contribution in [0.4, 0.5) is 11.8 Å². The van der Waals surface area contributed by atoms with Crippen LogP contribution in [0.25, 0.3) is 10.2 Å². The van der Waals surface area contributed by atoms with E-state index >= 15 is 0 Å². The molecule has 0 amide bonds. The summed E-state index contributed by atoms with van der Waals surface area (Å²) in [6.07, 6.45) is 4.65. The molecule has 0 radical (unpaired) electrons. The molecule has 0 bridgehead atoms. The molecule has 0 aromatic carbocycles. The third kappa shape index (κ3) is 3.76. The van der Waals surface area contributed by atoms with Crippen LogP contribution < -0.4 is 9.80 Å². The normalized spacial score (nSPS) is 18.1. The smallest absolute Gasteiger partial charge is 0.228 e. The summed E-state index contributed by atoms with van der Waals surface area (Å²) in [7, 11) is 2.14. The van der Waals surface area contributed by atoms with Crippen molar-refractivity contribution in [2.45, 2.75) is 25.7 Å². The zero-order valence-electron chi connectivity index (χ0n) is 16.0. The van der Waals surface area contributed by atoms with Gasteiger partial charge in [-0.05, 0) is 38.3 Å². The standard InChI is InChI=1S/C19H29N5O2S/c1-22-6-8-24(9-7-22)19-20-17(23(10-12-25)11-13-26)16-14-4-2-3-5-15(14)27-18(16)21-19/h25-26H,2-13H2,1H3. The molecule has 0 atom stereocenters. The third-order valence-corrected chi connectivity index (χ3v) is 6.79. The summed E-state index contributed by atoms with van der Waals surface area (Å²) in [5, 5.41) is 20.3. The van der Waals surface area contributed by atoms with Gasteiger partial charge in [0.05, 0.1) is 18.6 Å². The highest BCUT2D eigenvalue weighted by atomic mass is 32.1. The molecule has 1 saturated heterocycles. The summed E-state index contributed by atoms with van der Waals surface area (Å²) >= 11 is 1.81. The van der Waals surface area contributed by atoms with Crippen molar-refractivity contribution in [3.05, 3.63) is 10.4 Å². The van der Waals surface area contributed by atoms with E-state index < -0.39 is 0 Å². The molecule has 2 aromatic rings. The number of aromatic nitrogens is 2. The SMILES string of the molecule is CN1CCN(c2nc(N(CCO)CCO)c3c4c(sc3n2)CCCC4)CC1. The zero-order chi connectivity index (χ0) is 18.8. The monoisotopic (exact) mass is 391 g/mol. The van der Waals surface area contributed by atoms with Gasteiger partial charge in [0, 0.05) is 44.1 Å². The highest BCUT2D eigenvalue weighted by molar-refractivity contribution is 7.19. The van der Waals surface area contributed by atoms with E-state index in [9.17, 15) is 10.2 Å². The molecule has 4 rings (SSSR count). The minimum Gasteiger partial charge on any atom is -0.395 e.